The van der Waals surface area contributed by atoms with E-state index in [-0.39, 0.29) is 23.1 Å². The molecule has 182 valence electrons. The largest absolute Gasteiger partial charge is 0.325 e. The number of benzene rings is 3. The molecule has 4 aromatic rings. The normalized spacial score (nSPS) is 13.5. The van der Waals surface area contributed by atoms with Gasteiger partial charge in [-0.3, -0.25) is 9.10 Å². The maximum absolute atomic E-state index is 13.6. The maximum atomic E-state index is 13.6. The minimum Gasteiger partial charge on any atom is -0.325 e. The number of amides is 1. The number of rotatable bonds is 7. The molecule has 2 heterocycles. The lowest BCUT2D eigenvalue weighted by Gasteiger charge is -2.31. The van der Waals surface area contributed by atoms with Gasteiger partial charge in [0.2, 0.25) is 5.91 Å². The smallest absolute Gasteiger partial charge is 0.268 e. The molecule has 1 amide bonds. The Morgan fingerprint density at radius 1 is 1.00 bits per heavy atom. The molecular weight excluding hydrogens is 513 g/mol. The molecular formula is C26H22N4O3S3. The second kappa shape index (κ2) is 10.3. The minimum atomic E-state index is -3.87. The number of fused-ring (bicyclic) bond motifs is 3. The Morgan fingerprint density at radius 3 is 2.58 bits per heavy atom. The summed E-state index contributed by atoms with van der Waals surface area (Å²) in [6.45, 7) is 0.202. The molecule has 0 unspecified atom stereocenters. The van der Waals surface area contributed by atoms with Crippen LogP contribution in [0, 0.1) is 0 Å². The summed E-state index contributed by atoms with van der Waals surface area (Å²) in [4.78, 5) is 22.4. The van der Waals surface area contributed by atoms with Crippen molar-refractivity contribution in [2.75, 3.05) is 21.6 Å². The highest BCUT2D eigenvalue weighted by Crippen LogP contribution is 2.42. The van der Waals surface area contributed by atoms with Crippen LogP contribution in [0.15, 0.2) is 100 Å². The molecule has 36 heavy (non-hydrogen) atoms. The van der Waals surface area contributed by atoms with Crippen molar-refractivity contribution in [3.8, 4) is 11.3 Å². The van der Waals surface area contributed by atoms with Crippen LogP contribution in [0.5, 0.6) is 0 Å². The third-order valence-corrected chi connectivity index (χ3v) is 8.93. The molecule has 0 fully saturated rings. The molecule has 0 spiro atoms. The zero-order chi connectivity index (χ0) is 25.1. The van der Waals surface area contributed by atoms with E-state index in [1.807, 2.05) is 79.1 Å². The highest BCUT2D eigenvalue weighted by atomic mass is 32.2. The number of sulfonamides is 1. The van der Waals surface area contributed by atoms with Gasteiger partial charge in [0.25, 0.3) is 10.0 Å². The Labute approximate surface area is 218 Å². The molecule has 0 saturated carbocycles. The Kier molecular flexibility index (Phi) is 6.99. The number of anilines is 2. The highest BCUT2D eigenvalue weighted by molar-refractivity contribution is 7.99. The van der Waals surface area contributed by atoms with Gasteiger partial charge in [-0.25, -0.2) is 18.4 Å². The number of carbonyl (C=O) groups is 1. The molecule has 3 aromatic carbocycles. The third kappa shape index (κ3) is 4.97. The van der Waals surface area contributed by atoms with Crippen LogP contribution < -0.4 is 9.62 Å². The fourth-order valence-corrected chi connectivity index (χ4v) is 6.53. The second-order valence-electron chi connectivity index (χ2n) is 7.95. The van der Waals surface area contributed by atoms with Gasteiger partial charge in [0.15, 0.2) is 5.16 Å². The van der Waals surface area contributed by atoms with Crippen molar-refractivity contribution in [1.82, 2.24) is 9.97 Å². The Balaban J connectivity index is 1.39. The summed E-state index contributed by atoms with van der Waals surface area (Å²) in [5.41, 5.74) is 3.22. The molecule has 7 nitrogen and oxygen atoms in total. The monoisotopic (exact) mass is 534 g/mol. The van der Waals surface area contributed by atoms with Crippen LogP contribution in [0.2, 0.25) is 0 Å². The number of hydrogen-bond acceptors (Lipinski definition) is 7. The summed E-state index contributed by atoms with van der Waals surface area (Å²) in [6.07, 6.45) is 3.32. The highest BCUT2D eigenvalue weighted by Gasteiger charge is 2.36. The Hall–Kier alpha value is -3.34. The van der Waals surface area contributed by atoms with E-state index in [0.717, 1.165) is 27.9 Å². The molecule has 1 aromatic heterocycles. The van der Waals surface area contributed by atoms with E-state index in [4.69, 9.17) is 0 Å². The third-order valence-electron chi connectivity index (χ3n) is 5.58. The van der Waals surface area contributed by atoms with Crippen molar-refractivity contribution < 1.29 is 13.2 Å². The molecule has 0 bridgehead atoms. The molecule has 0 aliphatic carbocycles. The van der Waals surface area contributed by atoms with Gasteiger partial charge in [0.1, 0.15) is 4.90 Å². The van der Waals surface area contributed by atoms with E-state index in [1.165, 1.54) is 10.5 Å². The summed E-state index contributed by atoms with van der Waals surface area (Å²) in [5.74, 6) is -0.0989. The van der Waals surface area contributed by atoms with Gasteiger partial charge in [-0.2, -0.15) is 0 Å². The lowest BCUT2D eigenvalue weighted by molar-refractivity contribution is -0.113. The first-order valence-electron chi connectivity index (χ1n) is 11.1. The van der Waals surface area contributed by atoms with Gasteiger partial charge >= 0.3 is 0 Å². The van der Waals surface area contributed by atoms with Crippen molar-refractivity contribution in [2.24, 2.45) is 0 Å². The van der Waals surface area contributed by atoms with Crippen molar-refractivity contribution in [3.05, 3.63) is 90.6 Å². The van der Waals surface area contributed by atoms with E-state index < -0.39 is 10.0 Å². The van der Waals surface area contributed by atoms with E-state index in [9.17, 15) is 13.2 Å². The first kappa shape index (κ1) is 24.4. The lowest BCUT2D eigenvalue weighted by Crippen LogP contribution is -2.34. The quantitative estimate of drug-likeness (QED) is 0.254. The number of nitrogens with zero attached hydrogens (tertiary/aromatic N) is 3. The molecule has 1 aliphatic rings. The molecule has 0 saturated heterocycles. The SMILES string of the molecule is CSc1cccc(NC(=O)CSc2ncc3c(n2)-c2ccccc2N(Cc2ccccc2)S3(=O)=O)c1. The first-order chi connectivity index (χ1) is 17.5. The fraction of sp³-hybridized carbons (Fsp3) is 0.115. The Bertz CT molecular complexity index is 1530. The summed E-state index contributed by atoms with van der Waals surface area (Å²) in [5, 5.41) is 3.21. The van der Waals surface area contributed by atoms with E-state index in [2.05, 4.69) is 15.3 Å². The first-order valence-corrected chi connectivity index (χ1v) is 14.7. The number of aromatic nitrogens is 2. The summed E-state index contributed by atoms with van der Waals surface area (Å²) in [6, 6.07) is 24.4. The van der Waals surface area contributed by atoms with Gasteiger partial charge in [-0.05, 0) is 36.1 Å². The predicted molar refractivity (Wildman–Crippen MR) is 145 cm³/mol. The van der Waals surface area contributed by atoms with Gasteiger partial charge in [-0.1, -0.05) is 66.4 Å². The standard InChI is InChI=1S/C26H22N4O3S3/c1-34-20-11-7-10-19(14-20)28-24(31)17-35-26-27-15-23-25(29-26)21-12-5-6-13-22(21)30(36(23,32)33)16-18-8-3-2-4-9-18/h2-15H,16-17H2,1H3,(H,28,31). The molecule has 5 rings (SSSR count). The van der Waals surface area contributed by atoms with Gasteiger partial charge in [0.05, 0.1) is 29.9 Å². The predicted octanol–water partition coefficient (Wildman–Crippen LogP) is 5.31. The van der Waals surface area contributed by atoms with Crippen LogP contribution >= 0.6 is 23.5 Å². The summed E-state index contributed by atoms with van der Waals surface area (Å²) < 4.78 is 28.6. The number of para-hydroxylation sites is 1. The zero-order valence-corrected chi connectivity index (χ0v) is 21.7. The number of carbonyl (C=O) groups excluding carboxylic acids is 1. The maximum Gasteiger partial charge on any atom is 0.268 e. The van der Waals surface area contributed by atoms with Crippen LogP contribution in [-0.2, 0) is 21.4 Å². The summed E-state index contributed by atoms with van der Waals surface area (Å²) >= 11 is 2.76. The molecule has 10 heteroatoms. The molecule has 0 radical (unpaired) electrons. The van der Waals surface area contributed by atoms with E-state index in [0.29, 0.717) is 22.1 Å². The van der Waals surface area contributed by atoms with E-state index >= 15 is 0 Å². The van der Waals surface area contributed by atoms with Gasteiger partial charge in [0, 0.05) is 16.1 Å². The zero-order valence-electron chi connectivity index (χ0n) is 19.3. The minimum absolute atomic E-state index is 0.0554. The Morgan fingerprint density at radius 2 is 1.78 bits per heavy atom. The fourth-order valence-electron chi connectivity index (χ4n) is 3.89. The number of thioether (sulfide) groups is 2. The molecule has 1 N–H and O–H groups in total. The number of nitrogens with one attached hydrogen (secondary N) is 1. The molecule has 0 atom stereocenters. The average Bonchev–Trinajstić information content (AvgIpc) is 2.90. The van der Waals surface area contributed by atoms with Crippen LogP contribution in [0.4, 0.5) is 11.4 Å². The van der Waals surface area contributed by atoms with Crippen LogP contribution in [-0.4, -0.2) is 36.3 Å². The van der Waals surface area contributed by atoms with Gasteiger partial charge in [-0.15, -0.1) is 11.8 Å². The van der Waals surface area contributed by atoms with Crippen LogP contribution in [0.3, 0.4) is 0 Å². The van der Waals surface area contributed by atoms with Crippen LogP contribution in [0.1, 0.15) is 5.56 Å². The second-order valence-corrected chi connectivity index (χ2v) is 11.6. The van der Waals surface area contributed by atoms with Gasteiger partial charge < -0.3 is 5.32 Å². The van der Waals surface area contributed by atoms with Crippen LogP contribution in [0.25, 0.3) is 11.3 Å². The van der Waals surface area contributed by atoms with Crippen molar-refractivity contribution >= 4 is 50.8 Å². The number of hydrogen-bond donors (Lipinski definition) is 1. The van der Waals surface area contributed by atoms with Crippen molar-refractivity contribution in [3.63, 3.8) is 0 Å². The van der Waals surface area contributed by atoms with Crippen molar-refractivity contribution in [2.45, 2.75) is 21.5 Å². The van der Waals surface area contributed by atoms with Crippen molar-refractivity contribution in [1.29, 1.82) is 0 Å². The average molecular weight is 535 g/mol. The molecule has 1 aliphatic heterocycles. The summed E-state index contributed by atoms with van der Waals surface area (Å²) in [7, 11) is -3.87. The lowest BCUT2D eigenvalue weighted by atomic mass is 10.1. The topological polar surface area (TPSA) is 92.3 Å². The van der Waals surface area contributed by atoms with E-state index in [1.54, 1.807) is 17.8 Å².